The lowest BCUT2D eigenvalue weighted by molar-refractivity contribution is -0.129. The van der Waals surface area contributed by atoms with E-state index in [2.05, 4.69) is 12.2 Å². The first-order valence-electron chi connectivity index (χ1n) is 5.45. The highest BCUT2D eigenvalue weighted by Gasteiger charge is 2.31. The van der Waals surface area contributed by atoms with Gasteiger partial charge in [0.25, 0.3) is 0 Å². The van der Waals surface area contributed by atoms with Gasteiger partial charge >= 0.3 is 0 Å². The number of rotatable bonds is 3. The Balaban J connectivity index is 1.90. The molecule has 14 heavy (non-hydrogen) atoms. The van der Waals surface area contributed by atoms with E-state index in [4.69, 9.17) is 4.74 Å². The van der Waals surface area contributed by atoms with Crippen LogP contribution < -0.4 is 5.32 Å². The van der Waals surface area contributed by atoms with Crippen molar-refractivity contribution in [2.45, 2.75) is 38.5 Å². The van der Waals surface area contributed by atoms with E-state index in [0.717, 1.165) is 32.4 Å². The molecule has 0 bridgehead atoms. The highest BCUT2D eigenvalue weighted by Crippen LogP contribution is 2.17. The number of hydrogen-bond donors (Lipinski definition) is 1. The van der Waals surface area contributed by atoms with Crippen LogP contribution in [0.4, 0.5) is 0 Å². The second-order valence-corrected chi connectivity index (χ2v) is 3.99. The van der Waals surface area contributed by atoms with Crippen molar-refractivity contribution in [1.29, 1.82) is 0 Å². The van der Waals surface area contributed by atoms with Gasteiger partial charge < -0.3 is 9.64 Å². The van der Waals surface area contributed by atoms with Gasteiger partial charge in [0, 0.05) is 13.2 Å². The second-order valence-electron chi connectivity index (χ2n) is 3.99. The topological polar surface area (TPSA) is 41.6 Å². The van der Waals surface area contributed by atoms with Crippen molar-refractivity contribution in [3.8, 4) is 0 Å². The number of carbonyl (C=O) groups excluding carboxylic acids is 1. The van der Waals surface area contributed by atoms with E-state index in [0.29, 0.717) is 6.54 Å². The molecule has 0 spiro atoms. The van der Waals surface area contributed by atoms with Gasteiger partial charge in [0.1, 0.15) is 0 Å². The number of hydrogen-bond acceptors (Lipinski definition) is 3. The fraction of sp³-hybridized carbons (Fsp3) is 0.900. The summed E-state index contributed by atoms with van der Waals surface area (Å²) in [7, 11) is 0. The van der Waals surface area contributed by atoms with Gasteiger partial charge in [-0.05, 0) is 19.3 Å². The summed E-state index contributed by atoms with van der Waals surface area (Å²) in [5, 5.41) is 3.20. The summed E-state index contributed by atoms with van der Waals surface area (Å²) in [4.78, 5) is 13.5. The molecule has 2 fully saturated rings. The lowest BCUT2D eigenvalue weighted by atomic mass is 10.2. The molecule has 2 unspecified atom stereocenters. The van der Waals surface area contributed by atoms with Crippen molar-refractivity contribution in [1.82, 2.24) is 10.2 Å². The molecule has 0 aromatic carbocycles. The third kappa shape index (κ3) is 1.91. The second kappa shape index (κ2) is 4.28. The predicted molar refractivity (Wildman–Crippen MR) is 52.8 cm³/mol. The van der Waals surface area contributed by atoms with Crippen molar-refractivity contribution in [3.05, 3.63) is 0 Å². The molecule has 2 aliphatic rings. The first kappa shape index (κ1) is 9.93. The van der Waals surface area contributed by atoms with Crippen molar-refractivity contribution < 1.29 is 9.53 Å². The smallest absolute Gasteiger partial charge is 0.237 e. The van der Waals surface area contributed by atoms with Crippen LogP contribution in [0.5, 0.6) is 0 Å². The molecule has 2 atom stereocenters. The molecule has 4 nitrogen and oxygen atoms in total. The molecular formula is C10H18N2O2. The number of carbonyl (C=O) groups is 1. The summed E-state index contributed by atoms with van der Waals surface area (Å²) >= 11 is 0. The van der Waals surface area contributed by atoms with Gasteiger partial charge in [-0.15, -0.1) is 0 Å². The Kier molecular flexibility index (Phi) is 3.03. The molecule has 80 valence electrons. The highest BCUT2D eigenvalue weighted by atomic mass is 16.5. The molecular weight excluding hydrogens is 180 g/mol. The maximum Gasteiger partial charge on any atom is 0.237 e. The number of amides is 1. The minimum Gasteiger partial charge on any atom is -0.376 e. The Labute approximate surface area is 84.6 Å². The van der Waals surface area contributed by atoms with E-state index in [9.17, 15) is 4.79 Å². The summed E-state index contributed by atoms with van der Waals surface area (Å²) in [6, 6.07) is 0. The molecule has 1 N–H and O–H groups in total. The first-order chi connectivity index (χ1) is 6.81. The quantitative estimate of drug-likeness (QED) is 0.710. The molecule has 2 rings (SSSR count). The minimum atomic E-state index is 0.215. The Morgan fingerprint density at radius 2 is 2.50 bits per heavy atom. The van der Waals surface area contributed by atoms with Crippen LogP contribution in [0.1, 0.15) is 26.2 Å². The molecule has 0 radical (unpaired) electrons. The van der Waals surface area contributed by atoms with Crippen molar-refractivity contribution >= 4 is 5.91 Å². The van der Waals surface area contributed by atoms with Crippen LogP contribution in [-0.4, -0.2) is 42.8 Å². The molecule has 2 saturated heterocycles. The third-order valence-electron chi connectivity index (χ3n) is 3.00. The average molecular weight is 198 g/mol. The molecule has 0 aliphatic carbocycles. The van der Waals surface area contributed by atoms with Gasteiger partial charge in [-0.1, -0.05) is 6.92 Å². The summed E-state index contributed by atoms with van der Waals surface area (Å²) in [6.07, 6.45) is 3.70. The number of nitrogens with one attached hydrogen (secondary N) is 1. The zero-order valence-electron chi connectivity index (χ0n) is 8.66. The molecule has 0 saturated carbocycles. The van der Waals surface area contributed by atoms with Crippen LogP contribution in [0.3, 0.4) is 0 Å². The van der Waals surface area contributed by atoms with Gasteiger partial charge in [0.05, 0.1) is 18.8 Å². The largest absolute Gasteiger partial charge is 0.376 e. The maximum atomic E-state index is 11.5. The zero-order valence-corrected chi connectivity index (χ0v) is 8.66. The number of nitrogens with zero attached hydrogens (tertiary/aromatic N) is 1. The van der Waals surface area contributed by atoms with E-state index in [1.54, 1.807) is 0 Å². The third-order valence-corrected chi connectivity index (χ3v) is 3.00. The lowest BCUT2D eigenvalue weighted by Gasteiger charge is -2.25. The fourth-order valence-corrected chi connectivity index (χ4v) is 2.19. The van der Waals surface area contributed by atoms with Gasteiger partial charge in [0.2, 0.25) is 5.91 Å². The SMILES string of the molecule is CCC1NCC(=O)N1CC1CCCO1. The van der Waals surface area contributed by atoms with Crippen molar-refractivity contribution in [2.75, 3.05) is 19.7 Å². The molecule has 0 aromatic rings. The summed E-state index contributed by atoms with van der Waals surface area (Å²) in [5.41, 5.74) is 0. The molecule has 2 heterocycles. The normalized spacial score (nSPS) is 32.9. The average Bonchev–Trinajstić information content (AvgIpc) is 2.79. The Morgan fingerprint density at radius 1 is 1.64 bits per heavy atom. The van der Waals surface area contributed by atoms with Crippen LogP contribution >= 0.6 is 0 Å². The minimum absolute atomic E-state index is 0.215. The van der Waals surface area contributed by atoms with E-state index in [-0.39, 0.29) is 18.2 Å². The van der Waals surface area contributed by atoms with Crippen LogP contribution in [0.15, 0.2) is 0 Å². The Morgan fingerprint density at radius 3 is 3.14 bits per heavy atom. The predicted octanol–water partition coefficient (Wildman–Crippen LogP) is 0.333. The van der Waals surface area contributed by atoms with Gasteiger partial charge in [-0.2, -0.15) is 0 Å². The van der Waals surface area contributed by atoms with E-state index in [1.807, 2.05) is 4.90 Å². The monoisotopic (exact) mass is 198 g/mol. The fourth-order valence-electron chi connectivity index (χ4n) is 2.19. The van der Waals surface area contributed by atoms with E-state index >= 15 is 0 Å². The lowest BCUT2D eigenvalue weighted by Crippen LogP contribution is -2.41. The standard InChI is InChI=1S/C10H18N2O2/c1-2-9-11-6-10(13)12(9)7-8-4-3-5-14-8/h8-9,11H,2-7H2,1H3. The van der Waals surface area contributed by atoms with Crippen LogP contribution in [0, 0.1) is 0 Å². The van der Waals surface area contributed by atoms with Gasteiger partial charge in [0.15, 0.2) is 0 Å². The summed E-state index contributed by atoms with van der Waals surface area (Å²) < 4.78 is 5.53. The van der Waals surface area contributed by atoms with E-state index < -0.39 is 0 Å². The molecule has 2 aliphatic heterocycles. The summed E-state index contributed by atoms with van der Waals surface area (Å²) in [6.45, 7) is 4.21. The molecule has 0 aromatic heterocycles. The Hall–Kier alpha value is -0.610. The van der Waals surface area contributed by atoms with Crippen LogP contribution in [-0.2, 0) is 9.53 Å². The van der Waals surface area contributed by atoms with Crippen molar-refractivity contribution in [2.24, 2.45) is 0 Å². The zero-order chi connectivity index (χ0) is 9.97. The van der Waals surface area contributed by atoms with Gasteiger partial charge in [-0.25, -0.2) is 0 Å². The van der Waals surface area contributed by atoms with Crippen LogP contribution in [0.2, 0.25) is 0 Å². The highest BCUT2D eigenvalue weighted by molar-refractivity contribution is 5.80. The molecule has 4 heteroatoms. The Bertz CT molecular complexity index is 214. The first-order valence-corrected chi connectivity index (χ1v) is 5.45. The van der Waals surface area contributed by atoms with Crippen LogP contribution in [0.25, 0.3) is 0 Å². The maximum absolute atomic E-state index is 11.5. The number of ether oxygens (including phenoxy) is 1. The molecule has 1 amide bonds. The van der Waals surface area contributed by atoms with Crippen molar-refractivity contribution in [3.63, 3.8) is 0 Å². The van der Waals surface area contributed by atoms with Gasteiger partial charge in [-0.3, -0.25) is 10.1 Å². The summed E-state index contributed by atoms with van der Waals surface area (Å²) in [5.74, 6) is 0.215. The van der Waals surface area contributed by atoms with E-state index in [1.165, 1.54) is 0 Å².